The van der Waals surface area contributed by atoms with E-state index in [1.165, 1.54) is 18.1 Å². The Balaban J connectivity index is 1.89. The molecule has 0 unspecified atom stereocenters. The number of carbonyl (C=O) groups excluding carboxylic acids is 1. The van der Waals surface area contributed by atoms with E-state index in [-0.39, 0.29) is 11.5 Å². The minimum atomic E-state index is -3.79. The molecule has 0 atom stereocenters. The molecule has 1 aromatic heterocycles. The lowest BCUT2D eigenvalue weighted by molar-refractivity contribution is 0.0998. The molecule has 0 aliphatic heterocycles. The van der Waals surface area contributed by atoms with Crippen molar-refractivity contribution < 1.29 is 22.7 Å². The van der Waals surface area contributed by atoms with E-state index >= 15 is 0 Å². The third-order valence-corrected chi connectivity index (χ3v) is 7.59. The number of ether oxygens (including phenoxy) is 2. The summed E-state index contributed by atoms with van der Waals surface area (Å²) in [7, 11) is -0.357. The van der Waals surface area contributed by atoms with Crippen molar-refractivity contribution in [3.8, 4) is 5.88 Å². The van der Waals surface area contributed by atoms with Crippen molar-refractivity contribution in [3.63, 3.8) is 0 Å². The Bertz CT molecular complexity index is 1400. The number of rotatable bonds is 13. The van der Waals surface area contributed by atoms with Crippen molar-refractivity contribution in [1.29, 1.82) is 0 Å². The Morgan fingerprint density at radius 2 is 1.79 bits per heavy atom. The number of hydrogen-bond donors (Lipinski definition) is 0. The maximum atomic E-state index is 12.6. The number of sulfonamides is 1. The minimum absolute atomic E-state index is 0.151. The smallest absolute Gasteiger partial charge is 0.434 e. The molecule has 9 nitrogen and oxygen atoms in total. The molecule has 39 heavy (non-hydrogen) atoms. The molecule has 0 saturated heterocycles. The van der Waals surface area contributed by atoms with Gasteiger partial charge in [0, 0.05) is 20.5 Å². The van der Waals surface area contributed by atoms with Gasteiger partial charge in [-0.05, 0) is 54.8 Å². The molecule has 0 aliphatic carbocycles. The molecule has 1 heterocycles. The van der Waals surface area contributed by atoms with Gasteiger partial charge < -0.3 is 14.4 Å². The number of aryl methyl sites for hydroxylation is 1. The fourth-order valence-electron chi connectivity index (χ4n) is 3.89. The molecule has 0 bridgehead atoms. The summed E-state index contributed by atoms with van der Waals surface area (Å²) in [5.74, 6) is 1.23. The van der Waals surface area contributed by atoms with E-state index < -0.39 is 16.2 Å². The molecular formula is C28H36N4O5S2. The fourth-order valence-corrected chi connectivity index (χ4v) is 5.40. The summed E-state index contributed by atoms with van der Waals surface area (Å²) in [6.45, 7) is 4.53. The molecule has 0 N–H and O–H groups in total. The van der Waals surface area contributed by atoms with Gasteiger partial charge in [0.2, 0.25) is 5.88 Å². The normalized spacial score (nSPS) is 11.6. The van der Waals surface area contributed by atoms with Crippen LogP contribution in [0.25, 0.3) is 0 Å². The minimum Gasteiger partial charge on any atom is -0.434 e. The summed E-state index contributed by atoms with van der Waals surface area (Å²) >= 11 is 1.42. The first-order valence-corrected chi connectivity index (χ1v) is 15.4. The highest BCUT2D eigenvalue weighted by molar-refractivity contribution is 7.98. The number of aromatic nitrogens is 2. The first-order chi connectivity index (χ1) is 18.7. The van der Waals surface area contributed by atoms with E-state index in [0.717, 1.165) is 41.8 Å². The molecule has 3 rings (SSSR count). The predicted molar refractivity (Wildman–Crippen MR) is 154 cm³/mol. The number of unbranched alkanes of at least 4 members (excludes halogenated alkanes) is 1. The van der Waals surface area contributed by atoms with E-state index in [4.69, 9.17) is 14.5 Å². The molecule has 0 radical (unpaired) electrons. The van der Waals surface area contributed by atoms with E-state index in [0.29, 0.717) is 23.9 Å². The number of benzene rings is 2. The van der Waals surface area contributed by atoms with Gasteiger partial charge in [-0.2, -0.15) is 8.42 Å². The van der Waals surface area contributed by atoms with Gasteiger partial charge in [-0.3, -0.25) is 4.57 Å². The monoisotopic (exact) mass is 572 g/mol. The van der Waals surface area contributed by atoms with Crippen LogP contribution in [0.4, 0.5) is 4.79 Å². The average molecular weight is 573 g/mol. The lowest BCUT2D eigenvalue weighted by Gasteiger charge is -2.13. The van der Waals surface area contributed by atoms with Gasteiger partial charge in [0.1, 0.15) is 12.2 Å². The highest BCUT2D eigenvalue weighted by Crippen LogP contribution is 2.31. The highest BCUT2D eigenvalue weighted by atomic mass is 32.2. The number of imidazole rings is 1. The van der Waals surface area contributed by atoms with Crippen molar-refractivity contribution in [1.82, 2.24) is 14.5 Å². The zero-order valence-corrected chi connectivity index (χ0v) is 24.7. The van der Waals surface area contributed by atoms with Crippen LogP contribution in [-0.2, 0) is 34.1 Å². The molecule has 0 aliphatic rings. The zero-order chi connectivity index (χ0) is 28.4. The highest BCUT2D eigenvalue weighted by Gasteiger charge is 2.22. The summed E-state index contributed by atoms with van der Waals surface area (Å²) in [6, 6.07) is 14.9. The fraction of sp³-hybridized carbons (Fsp3) is 0.393. The summed E-state index contributed by atoms with van der Waals surface area (Å²) in [4.78, 5) is 18.7. The maximum Gasteiger partial charge on any atom is 0.515 e. The molecule has 0 spiro atoms. The van der Waals surface area contributed by atoms with E-state index in [1.54, 1.807) is 44.1 Å². The SMILES string of the molecule is CCCCc1nc(SC)c(OC(=O)OCC)n1Cc1cccc(Cc2cccc(S(=O)(=O)N=CN(C)C)c2)c1. The second-order valence-corrected chi connectivity index (χ2v) is 11.5. The van der Waals surface area contributed by atoms with Gasteiger partial charge in [0.25, 0.3) is 10.0 Å². The summed E-state index contributed by atoms with van der Waals surface area (Å²) in [6.07, 6.45) is 5.70. The molecule has 11 heteroatoms. The van der Waals surface area contributed by atoms with Gasteiger partial charge in [-0.15, -0.1) is 16.2 Å². The van der Waals surface area contributed by atoms with Gasteiger partial charge in [0.05, 0.1) is 18.0 Å². The Morgan fingerprint density at radius 1 is 1.10 bits per heavy atom. The van der Waals surface area contributed by atoms with Gasteiger partial charge in [-0.25, -0.2) is 9.78 Å². The van der Waals surface area contributed by atoms with Crippen LogP contribution in [-0.4, -0.2) is 62.3 Å². The van der Waals surface area contributed by atoms with Crippen LogP contribution < -0.4 is 4.74 Å². The maximum absolute atomic E-state index is 12.6. The molecular weight excluding hydrogens is 536 g/mol. The number of hydrogen-bond acceptors (Lipinski definition) is 7. The van der Waals surface area contributed by atoms with Crippen LogP contribution in [0.3, 0.4) is 0 Å². The third-order valence-electron chi connectivity index (χ3n) is 5.71. The standard InChI is InChI=1S/C28H36N4O5S2/c1-6-8-15-25-30-26(38-5)27(37-28(33)36-7-2)32(25)19-23-13-9-11-21(17-23)16-22-12-10-14-24(18-22)39(34,35)29-20-31(3)4/h9-14,17-18,20H,6-8,15-16,19H2,1-5H3. The first-order valence-electron chi connectivity index (χ1n) is 12.8. The van der Waals surface area contributed by atoms with Crippen molar-refractivity contribution in [2.45, 2.75) is 56.0 Å². The van der Waals surface area contributed by atoms with Crippen LogP contribution in [0.2, 0.25) is 0 Å². The molecule has 3 aromatic rings. The molecule has 210 valence electrons. The van der Waals surface area contributed by atoms with Gasteiger partial charge in [0.15, 0.2) is 5.03 Å². The Morgan fingerprint density at radius 3 is 2.46 bits per heavy atom. The van der Waals surface area contributed by atoms with Crippen LogP contribution >= 0.6 is 11.8 Å². The Hall–Kier alpha value is -3.31. The third kappa shape index (κ3) is 8.59. The zero-order valence-electron chi connectivity index (χ0n) is 23.1. The molecule has 0 saturated carbocycles. The largest absolute Gasteiger partial charge is 0.515 e. The topological polar surface area (TPSA) is 103 Å². The predicted octanol–water partition coefficient (Wildman–Crippen LogP) is 5.40. The van der Waals surface area contributed by atoms with Gasteiger partial charge in [-0.1, -0.05) is 49.7 Å². The van der Waals surface area contributed by atoms with Gasteiger partial charge >= 0.3 is 6.16 Å². The quantitative estimate of drug-likeness (QED) is 0.116. The number of carbonyl (C=O) groups is 1. The van der Waals surface area contributed by atoms with Crippen LogP contribution in [0.1, 0.15) is 49.2 Å². The second kappa shape index (κ2) is 14.2. The lowest BCUT2D eigenvalue weighted by Crippen LogP contribution is -2.15. The summed E-state index contributed by atoms with van der Waals surface area (Å²) in [5.41, 5.74) is 2.88. The lowest BCUT2D eigenvalue weighted by atomic mass is 10.0. The molecule has 0 fully saturated rings. The van der Waals surface area contributed by atoms with Crippen LogP contribution in [0.15, 0.2) is 62.9 Å². The van der Waals surface area contributed by atoms with Crippen LogP contribution in [0, 0.1) is 0 Å². The Kier molecular flexibility index (Phi) is 11.0. The first kappa shape index (κ1) is 30.2. The Labute approximate surface area is 235 Å². The van der Waals surface area contributed by atoms with Crippen LogP contribution in [0.5, 0.6) is 5.88 Å². The summed E-state index contributed by atoms with van der Waals surface area (Å²) < 4.78 is 41.5. The second-order valence-electron chi connectivity index (χ2n) is 9.12. The number of thioether (sulfide) groups is 1. The summed E-state index contributed by atoms with van der Waals surface area (Å²) in [5, 5.41) is 0.639. The van der Waals surface area contributed by atoms with E-state index in [9.17, 15) is 13.2 Å². The van der Waals surface area contributed by atoms with Crippen molar-refractivity contribution >= 4 is 34.3 Å². The van der Waals surface area contributed by atoms with Crippen molar-refractivity contribution in [2.24, 2.45) is 4.40 Å². The molecule has 2 aromatic carbocycles. The molecule has 0 amide bonds. The number of nitrogens with zero attached hydrogens (tertiary/aromatic N) is 4. The average Bonchev–Trinajstić information content (AvgIpc) is 3.22. The van der Waals surface area contributed by atoms with E-state index in [1.807, 2.05) is 35.1 Å². The van der Waals surface area contributed by atoms with E-state index in [2.05, 4.69) is 17.4 Å². The van der Waals surface area contributed by atoms with Crippen molar-refractivity contribution in [3.05, 3.63) is 71.0 Å². The van der Waals surface area contributed by atoms with Crippen molar-refractivity contribution in [2.75, 3.05) is 27.0 Å².